The van der Waals surface area contributed by atoms with Crippen molar-refractivity contribution in [2.75, 3.05) is 0 Å². The largest absolute Gasteiger partial charge is 0.506 e. The van der Waals surface area contributed by atoms with Crippen molar-refractivity contribution in [2.24, 2.45) is 17.8 Å². The van der Waals surface area contributed by atoms with Crippen molar-refractivity contribution in [1.29, 1.82) is 0 Å². The second-order valence-electron chi connectivity index (χ2n) is 5.89. The highest BCUT2D eigenvalue weighted by Crippen LogP contribution is 2.60. The summed E-state index contributed by atoms with van der Waals surface area (Å²) >= 11 is 0. The summed E-state index contributed by atoms with van der Waals surface area (Å²) in [7, 11) is 0. The number of carbonyl (C=O) groups excluding carboxylic acids is 1. The van der Waals surface area contributed by atoms with E-state index in [-0.39, 0.29) is 23.4 Å². The number of carbonyl (C=O) groups is 1. The Kier molecular flexibility index (Phi) is 1.52. The van der Waals surface area contributed by atoms with Gasteiger partial charge in [0.25, 0.3) is 0 Å². The smallest absolute Gasteiger partial charge is 0.171 e. The van der Waals surface area contributed by atoms with Gasteiger partial charge in [0.2, 0.25) is 0 Å². The Morgan fingerprint density at radius 2 is 2.00 bits per heavy atom. The van der Waals surface area contributed by atoms with Gasteiger partial charge in [0.05, 0.1) is 17.2 Å². The number of allylic oxidation sites excluding steroid dienone is 2. The molecule has 3 aliphatic carbocycles. The van der Waals surface area contributed by atoms with Crippen LogP contribution in [0, 0.1) is 17.8 Å². The molecule has 1 N–H and O–H groups in total. The van der Waals surface area contributed by atoms with E-state index < -0.39 is 0 Å². The van der Waals surface area contributed by atoms with Crippen molar-refractivity contribution in [3.63, 3.8) is 0 Å². The Morgan fingerprint density at radius 1 is 1.21 bits per heavy atom. The van der Waals surface area contributed by atoms with Crippen LogP contribution in [0.1, 0.15) is 28.3 Å². The highest BCUT2D eigenvalue weighted by Gasteiger charge is 2.54. The van der Waals surface area contributed by atoms with E-state index in [4.69, 9.17) is 4.42 Å². The SMILES string of the molecule is O=C1c2c(cc3occc3c2O)[C@H]2[C@@H]1[C@H]1C=C[C@@H]2C1. The van der Waals surface area contributed by atoms with Gasteiger partial charge < -0.3 is 9.52 Å². The molecule has 0 unspecified atom stereocenters. The zero-order chi connectivity index (χ0) is 12.7. The van der Waals surface area contributed by atoms with Crippen LogP contribution in [0.15, 0.2) is 35.0 Å². The van der Waals surface area contributed by atoms with E-state index in [9.17, 15) is 9.90 Å². The van der Waals surface area contributed by atoms with Gasteiger partial charge in [-0.1, -0.05) is 12.2 Å². The number of ketones is 1. The average molecular weight is 252 g/mol. The summed E-state index contributed by atoms with van der Waals surface area (Å²) in [5, 5.41) is 11.0. The summed E-state index contributed by atoms with van der Waals surface area (Å²) in [6, 6.07) is 3.68. The highest BCUT2D eigenvalue weighted by molar-refractivity contribution is 6.10. The van der Waals surface area contributed by atoms with Gasteiger partial charge in [-0.05, 0) is 36.0 Å². The molecular weight excluding hydrogens is 240 g/mol. The van der Waals surface area contributed by atoms with Crippen LogP contribution < -0.4 is 0 Å². The zero-order valence-corrected chi connectivity index (χ0v) is 10.2. The van der Waals surface area contributed by atoms with Crippen molar-refractivity contribution in [3.8, 4) is 5.75 Å². The molecule has 0 spiro atoms. The fraction of sp³-hybridized carbons (Fsp3) is 0.312. The van der Waals surface area contributed by atoms with Crippen LogP contribution in [0.5, 0.6) is 5.75 Å². The minimum atomic E-state index is 0.0439. The topological polar surface area (TPSA) is 50.4 Å². The number of furan rings is 1. The number of rotatable bonds is 0. The predicted molar refractivity (Wildman–Crippen MR) is 69.2 cm³/mol. The molecule has 19 heavy (non-hydrogen) atoms. The van der Waals surface area contributed by atoms with Crippen molar-refractivity contribution in [3.05, 3.63) is 41.7 Å². The van der Waals surface area contributed by atoms with Crippen LogP contribution in [0.25, 0.3) is 11.0 Å². The van der Waals surface area contributed by atoms with Crippen LogP contribution in [0.2, 0.25) is 0 Å². The third kappa shape index (κ3) is 0.960. The molecule has 1 saturated carbocycles. The zero-order valence-electron chi connectivity index (χ0n) is 10.2. The van der Waals surface area contributed by atoms with Crippen LogP contribution in [-0.2, 0) is 0 Å². The van der Waals surface area contributed by atoms with Gasteiger partial charge in [-0.25, -0.2) is 0 Å². The van der Waals surface area contributed by atoms with Gasteiger partial charge in [0.15, 0.2) is 5.78 Å². The Morgan fingerprint density at radius 3 is 2.84 bits per heavy atom. The maximum Gasteiger partial charge on any atom is 0.171 e. The maximum atomic E-state index is 12.6. The maximum absolute atomic E-state index is 12.6. The van der Waals surface area contributed by atoms with Gasteiger partial charge in [-0.3, -0.25) is 4.79 Å². The number of benzene rings is 1. The Balaban J connectivity index is 1.86. The van der Waals surface area contributed by atoms with E-state index in [2.05, 4.69) is 12.2 Å². The Hall–Kier alpha value is -2.03. The lowest BCUT2D eigenvalue weighted by Gasteiger charge is -2.19. The van der Waals surface area contributed by atoms with E-state index in [1.54, 1.807) is 12.3 Å². The van der Waals surface area contributed by atoms with Crippen LogP contribution >= 0.6 is 0 Å². The van der Waals surface area contributed by atoms with Gasteiger partial charge in [0.1, 0.15) is 11.3 Å². The van der Waals surface area contributed by atoms with Crippen LogP contribution in [-0.4, -0.2) is 10.9 Å². The first-order valence-corrected chi connectivity index (χ1v) is 6.71. The van der Waals surface area contributed by atoms with Crippen LogP contribution in [0.3, 0.4) is 0 Å². The number of phenols is 1. The first-order chi connectivity index (χ1) is 9.25. The second kappa shape index (κ2) is 2.93. The summed E-state index contributed by atoms with van der Waals surface area (Å²) in [6.07, 6.45) is 7.05. The van der Waals surface area contributed by atoms with Crippen molar-refractivity contribution in [1.82, 2.24) is 0 Å². The minimum absolute atomic E-state index is 0.0439. The normalized spacial score (nSPS) is 34.2. The van der Waals surface area contributed by atoms with Crippen molar-refractivity contribution in [2.45, 2.75) is 12.3 Å². The standard InChI is InChI=1S/C16H12O3/c17-15-9-3-4-19-11(9)6-10-12-7-1-2-8(5-7)13(12)16(18)14(10)15/h1-4,6-8,12-13,17H,5H2/t7-,8+,12+,13+/m1/s1. The molecule has 3 aliphatic rings. The molecule has 3 nitrogen and oxygen atoms in total. The summed E-state index contributed by atoms with van der Waals surface area (Å²) in [5.74, 6) is 1.34. The third-order valence-corrected chi connectivity index (χ3v) is 5.13. The molecule has 0 radical (unpaired) electrons. The van der Waals surface area contributed by atoms with E-state index in [0.717, 1.165) is 12.0 Å². The lowest BCUT2D eigenvalue weighted by atomic mass is 9.83. The van der Waals surface area contributed by atoms with E-state index in [1.165, 1.54) is 0 Å². The monoisotopic (exact) mass is 252 g/mol. The highest BCUT2D eigenvalue weighted by atomic mass is 16.3. The minimum Gasteiger partial charge on any atom is -0.506 e. The van der Waals surface area contributed by atoms with Crippen molar-refractivity contribution >= 4 is 16.8 Å². The molecule has 1 fully saturated rings. The molecule has 2 bridgehead atoms. The first kappa shape index (κ1) is 9.84. The molecule has 0 saturated heterocycles. The summed E-state index contributed by atoms with van der Waals surface area (Å²) in [5.41, 5.74) is 2.21. The summed E-state index contributed by atoms with van der Waals surface area (Å²) in [6.45, 7) is 0. The van der Waals surface area contributed by atoms with Crippen LogP contribution in [0.4, 0.5) is 0 Å². The molecule has 1 aromatic heterocycles. The van der Waals surface area contributed by atoms with E-state index in [0.29, 0.717) is 28.4 Å². The molecule has 94 valence electrons. The first-order valence-electron chi connectivity index (χ1n) is 6.71. The van der Waals surface area contributed by atoms with Gasteiger partial charge in [-0.2, -0.15) is 0 Å². The number of fused-ring (bicyclic) bond motifs is 8. The average Bonchev–Trinajstić information content (AvgIpc) is 3.13. The molecule has 0 aliphatic heterocycles. The lowest BCUT2D eigenvalue weighted by Crippen LogP contribution is -2.18. The number of aromatic hydroxyl groups is 1. The molecule has 0 amide bonds. The van der Waals surface area contributed by atoms with Gasteiger partial charge >= 0.3 is 0 Å². The molecule has 1 heterocycles. The quantitative estimate of drug-likeness (QED) is 0.732. The van der Waals surface area contributed by atoms with Gasteiger partial charge in [-0.15, -0.1) is 0 Å². The fourth-order valence-corrected chi connectivity index (χ4v) is 4.41. The number of Topliss-reactive ketones (excluding diaryl/α,β-unsaturated/α-hetero) is 1. The summed E-state index contributed by atoms with van der Waals surface area (Å²) < 4.78 is 5.40. The third-order valence-electron chi connectivity index (χ3n) is 5.13. The lowest BCUT2D eigenvalue weighted by molar-refractivity contribution is 0.0909. The van der Waals surface area contributed by atoms with Crippen molar-refractivity contribution < 1.29 is 14.3 Å². The molecular formula is C16H12O3. The number of phenolic OH excluding ortho intramolecular Hbond substituents is 1. The second-order valence-corrected chi connectivity index (χ2v) is 5.89. The summed E-state index contributed by atoms with van der Waals surface area (Å²) in [4.78, 5) is 12.6. The number of hydrogen-bond acceptors (Lipinski definition) is 3. The van der Waals surface area contributed by atoms with E-state index in [1.807, 2.05) is 6.07 Å². The molecule has 3 heteroatoms. The van der Waals surface area contributed by atoms with E-state index >= 15 is 0 Å². The Bertz CT molecular complexity index is 768. The fourth-order valence-electron chi connectivity index (χ4n) is 4.41. The number of hydrogen-bond donors (Lipinski definition) is 1. The predicted octanol–water partition coefficient (Wildman–Crippen LogP) is 3.24. The molecule has 1 aromatic carbocycles. The molecule has 2 aromatic rings. The molecule has 5 rings (SSSR count). The molecule has 4 atom stereocenters. The van der Waals surface area contributed by atoms with Gasteiger partial charge in [0, 0.05) is 11.8 Å². The Labute approximate surface area is 109 Å².